The molecule has 2 atom stereocenters. The number of rotatable bonds is 7. The lowest BCUT2D eigenvalue weighted by molar-refractivity contribution is 0.106. The second-order valence-electron chi connectivity index (χ2n) is 4.69. The first kappa shape index (κ1) is 15.0. The molecule has 1 aliphatic heterocycles. The van der Waals surface area contributed by atoms with Crippen LogP contribution in [-0.4, -0.2) is 41.9 Å². The van der Waals surface area contributed by atoms with Crippen LogP contribution in [0, 0.1) is 0 Å². The molecular formula is C14H20ClNO2S. The van der Waals surface area contributed by atoms with Crippen LogP contribution in [0.25, 0.3) is 0 Å². The maximum atomic E-state index is 9.84. The van der Waals surface area contributed by atoms with Crippen molar-refractivity contribution < 1.29 is 9.84 Å². The quantitative estimate of drug-likeness (QED) is 0.812. The molecule has 1 aromatic carbocycles. The third-order valence-electron chi connectivity index (χ3n) is 3.04. The SMILES string of the molecule is OC(CNCC1CCCS1)COc1ccccc1Cl. The van der Waals surface area contributed by atoms with E-state index in [0.29, 0.717) is 22.6 Å². The van der Waals surface area contributed by atoms with Crippen molar-refractivity contribution in [1.82, 2.24) is 5.32 Å². The average molecular weight is 302 g/mol. The molecule has 2 unspecified atom stereocenters. The van der Waals surface area contributed by atoms with E-state index in [2.05, 4.69) is 5.32 Å². The molecule has 0 aromatic heterocycles. The molecule has 0 radical (unpaired) electrons. The Kier molecular flexibility index (Phi) is 6.31. The zero-order valence-electron chi connectivity index (χ0n) is 10.8. The van der Waals surface area contributed by atoms with E-state index in [1.807, 2.05) is 23.9 Å². The second kappa shape index (κ2) is 8.00. The fourth-order valence-electron chi connectivity index (χ4n) is 2.02. The number of benzene rings is 1. The smallest absolute Gasteiger partial charge is 0.138 e. The Hall–Kier alpha value is -0.420. The summed E-state index contributed by atoms with van der Waals surface area (Å²) in [4.78, 5) is 0. The normalized spacial score (nSPS) is 20.4. The van der Waals surface area contributed by atoms with E-state index in [1.165, 1.54) is 18.6 Å². The zero-order chi connectivity index (χ0) is 13.5. The summed E-state index contributed by atoms with van der Waals surface area (Å²) < 4.78 is 5.49. The summed E-state index contributed by atoms with van der Waals surface area (Å²) in [6, 6.07) is 7.30. The van der Waals surface area contributed by atoms with E-state index in [-0.39, 0.29) is 6.61 Å². The van der Waals surface area contributed by atoms with Crippen LogP contribution < -0.4 is 10.1 Å². The molecule has 1 saturated heterocycles. The van der Waals surface area contributed by atoms with Crippen molar-refractivity contribution in [2.75, 3.05) is 25.4 Å². The number of hydrogen-bond donors (Lipinski definition) is 2. The van der Waals surface area contributed by atoms with Gasteiger partial charge in [0.2, 0.25) is 0 Å². The first-order chi connectivity index (χ1) is 9.25. The monoisotopic (exact) mass is 301 g/mol. The Labute approximate surface area is 123 Å². The van der Waals surface area contributed by atoms with Crippen LogP contribution in [0.2, 0.25) is 5.02 Å². The van der Waals surface area contributed by atoms with Crippen LogP contribution >= 0.6 is 23.4 Å². The third kappa shape index (κ3) is 5.22. The molecule has 2 rings (SSSR count). The van der Waals surface area contributed by atoms with Crippen LogP contribution in [0.15, 0.2) is 24.3 Å². The van der Waals surface area contributed by atoms with Crippen molar-refractivity contribution in [1.29, 1.82) is 0 Å². The molecule has 1 aromatic rings. The highest BCUT2D eigenvalue weighted by Gasteiger charge is 2.15. The van der Waals surface area contributed by atoms with Crippen molar-refractivity contribution in [3.63, 3.8) is 0 Å². The number of aliphatic hydroxyl groups is 1. The summed E-state index contributed by atoms with van der Waals surface area (Å²) in [5, 5.41) is 14.4. The molecule has 1 aliphatic rings. The molecule has 19 heavy (non-hydrogen) atoms. The predicted molar refractivity (Wildman–Crippen MR) is 81.3 cm³/mol. The molecule has 0 aliphatic carbocycles. The average Bonchev–Trinajstić information content (AvgIpc) is 2.91. The maximum absolute atomic E-state index is 9.84. The van der Waals surface area contributed by atoms with E-state index >= 15 is 0 Å². The van der Waals surface area contributed by atoms with Gasteiger partial charge in [0.25, 0.3) is 0 Å². The first-order valence-electron chi connectivity index (χ1n) is 6.63. The number of hydrogen-bond acceptors (Lipinski definition) is 4. The van der Waals surface area contributed by atoms with Crippen LogP contribution in [-0.2, 0) is 0 Å². The van der Waals surface area contributed by atoms with E-state index in [4.69, 9.17) is 16.3 Å². The highest BCUT2D eigenvalue weighted by molar-refractivity contribution is 8.00. The molecule has 0 saturated carbocycles. The summed E-state index contributed by atoms with van der Waals surface area (Å²) in [5.41, 5.74) is 0. The number of nitrogens with one attached hydrogen (secondary N) is 1. The van der Waals surface area contributed by atoms with Crippen LogP contribution in [0.3, 0.4) is 0 Å². The fraction of sp³-hybridized carbons (Fsp3) is 0.571. The van der Waals surface area contributed by atoms with Gasteiger partial charge in [-0.25, -0.2) is 0 Å². The summed E-state index contributed by atoms with van der Waals surface area (Å²) in [6.45, 7) is 1.78. The van der Waals surface area contributed by atoms with Crippen molar-refractivity contribution in [2.24, 2.45) is 0 Å². The van der Waals surface area contributed by atoms with Crippen LogP contribution in [0.5, 0.6) is 5.75 Å². The summed E-state index contributed by atoms with van der Waals surface area (Å²) in [7, 11) is 0. The highest BCUT2D eigenvalue weighted by Crippen LogP contribution is 2.25. The van der Waals surface area contributed by atoms with E-state index in [1.54, 1.807) is 12.1 Å². The number of thioether (sulfide) groups is 1. The van der Waals surface area contributed by atoms with Crippen LogP contribution in [0.1, 0.15) is 12.8 Å². The van der Waals surface area contributed by atoms with Crippen LogP contribution in [0.4, 0.5) is 0 Å². The third-order valence-corrected chi connectivity index (χ3v) is 4.75. The lowest BCUT2D eigenvalue weighted by Crippen LogP contribution is -2.34. The Morgan fingerprint density at radius 1 is 1.47 bits per heavy atom. The Balaban J connectivity index is 1.61. The second-order valence-corrected chi connectivity index (χ2v) is 6.50. The first-order valence-corrected chi connectivity index (χ1v) is 8.06. The molecule has 106 valence electrons. The Morgan fingerprint density at radius 3 is 3.05 bits per heavy atom. The number of halogens is 1. The fourth-order valence-corrected chi connectivity index (χ4v) is 3.45. The van der Waals surface area contributed by atoms with E-state index in [0.717, 1.165) is 6.54 Å². The standard InChI is InChI=1S/C14H20ClNO2S/c15-13-5-1-2-6-14(13)18-10-11(17)8-16-9-12-4-3-7-19-12/h1-2,5-6,11-12,16-17H,3-4,7-10H2. The Bertz CT molecular complexity index is 385. The molecule has 2 N–H and O–H groups in total. The molecule has 1 heterocycles. The van der Waals surface area contributed by atoms with E-state index < -0.39 is 6.10 Å². The van der Waals surface area contributed by atoms with Gasteiger partial charge in [0, 0.05) is 18.3 Å². The van der Waals surface area contributed by atoms with Crippen molar-refractivity contribution in [3.8, 4) is 5.75 Å². The molecule has 3 nitrogen and oxygen atoms in total. The zero-order valence-corrected chi connectivity index (χ0v) is 12.4. The van der Waals surface area contributed by atoms with Gasteiger partial charge in [-0.1, -0.05) is 23.7 Å². The van der Waals surface area contributed by atoms with Gasteiger partial charge < -0.3 is 15.2 Å². The lowest BCUT2D eigenvalue weighted by atomic mass is 10.2. The molecular weight excluding hydrogens is 282 g/mol. The Morgan fingerprint density at radius 2 is 2.32 bits per heavy atom. The minimum absolute atomic E-state index is 0.258. The molecule has 0 amide bonds. The summed E-state index contributed by atoms with van der Waals surface area (Å²) in [5.74, 6) is 1.89. The van der Waals surface area contributed by atoms with Gasteiger partial charge in [-0.2, -0.15) is 11.8 Å². The largest absolute Gasteiger partial charge is 0.489 e. The molecule has 0 spiro atoms. The van der Waals surface area contributed by atoms with Crippen molar-refractivity contribution in [2.45, 2.75) is 24.2 Å². The topological polar surface area (TPSA) is 41.5 Å². The van der Waals surface area contributed by atoms with Gasteiger partial charge in [-0.15, -0.1) is 0 Å². The summed E-state index contributed by atoms with van der Waals surface area (Å²) >= 11 is 7.99. The minimum atomic E-state index is -0.511. The van der Waals surface area contributed by atoms with Gasteiger partial charge in [0.05, 0.1) is 5.02 Å². The highest BCUT2D eigenvalue weighted by atomic mass is 35.5. The molecule has 1 fully saturated rings. The number of ether oxygens (including phenoxy) is 1. The van der Waals surface area contributed by atoms with Crippen molar-refractivity contribution >= 4 is 23.4 Å². The molecule has 5 heteroatoms. The van der Waals surface area contributed by atoms with Gasteiger partial charge >= 0.3 is 0 Å². The minimum Gasteiger partial charge on any atom is -0.489 e. The van der Waals surface area contributed by atoms with Gasteiger partial charge in [-0.05, 0) is 30.7 Å². The van der Waals surface area contributed by atoms with Crippen molar-refractivity contribution in [3.05, 3.63) is 29.3 Å². The van der Waals surface area contributed by atoms with E-state index in [9.17, 15) is 5.11 Å². The predicted octanol–water partition coefficient (Wildman–Crippen LogP) is 2.56. The van der Waals surface area contributed by atoms with Gasteiger partial charge in [0.15, 0.2) is 0 Å². The molecule has 0 bridgehead atoms. The van der Waals surface area contributed by atoms with Gasteiger partial charge in [0.1, 0.15) is 18.5 Å². The number of aliphatic hydroxyl groups excluding tert-OH is 1. The maximum Gasteiger partial charge on any atom is 0.138 e. The lowest BCUT2D eigenvalue weighted by Gasteiger charge is -2.15. The summed E-state index contributed by atoms with van der Waals surface area (Å²) in [6.07, 6.45) is 2.08. The number of para-hydroxylation sites is 1. The van der Waals surface area contributed by atoms with Gasteiger partial charge in [-0.3, -0.25) is 0 Å².